The number of hydrogen-bond donors (Lipinski definition) is 1. The summed E-state index contributed by atoms with van der Waals surface area (Å²) in [6, 6.07) is 13.3. The van der Waals surface area contributed by atoms with Gasteiger partial charge in [0.2, 0.25) is 5.91 Å². The van der Waals surface area contributed by atoms with Crippen LogP contribution in [0.25, 0.3) is 0 Å². The number of benzene rings is 2. The lowest BCUT2D eigenvalue weighted by Gasteiger charge is -2.13. The first-order valence-electron chi connectivity index (χ1n) is 7.94. The van der Waals surface area contributed by atoms with Gasteiger partial charge >= 0.3 is 0 Å². The molecular formula is C19H22ClNO3S. The maximum Gasteiger partial charge on any atom is 0.233 e. The van der Waals surface area contributed by atoms with Gasteiger partial charge in [0.15, 0.2) is 11.5 Å². The molecule has 2 aromatic rings. The maximum atomic E-state index is 12.2. The Labute approximate surface area is 157 Å². The van der Waals surface area contributed by atoms with E-state index >= 15 is 0 Å². The zero-order valence-corrected chi connectivity index (χ0v) is 16.1. The molecule has 2 aromatic carbocycles. The van der Waals surface area contributed by atoms with E-state index in [-0.39, 0.29) is 11.2 Å². The van der Waals surface area contributed by atoms with Crippen molar-refractivity contribution in [2.45, 2.75) is 23.5 Å². The van der Waals surface area contributed by atoms with Gasteiger partial charge in [0.05, 0.1) is 19.5 Å². The predicted octanol–water partition coefficient (Wildman–Crippen LogP) is 4.20. The fraction of sp³-hybridized carbons (Fsp3) is 0.316. The van der Waals surface area contributed by atoms with Crippen LogP contribution < -0.4 is 14.8 Å². The van der Waals surface area contributed by atoms with Crippen LogP contribution >= 0.6 is 23.4 Å². The Morgan fingerprint density at radius 1 is 1.12 bits per heavy atom. The Morgan fingerprint density at radius 3 is 2.44 bits per heavy atom. The van der Waals surface area contributed by atoms with E-state index < -0.39 is 0 Å². The van der Waals surface area contributed by atoms with E-state index in [1.165, 1.54) is 11.8 Å². The third-order valence-electron chi connectivity index (χ3n) is 3.66. The van der Waals surface area contributed by atoms with Gasteiger partial charge in [-0.1, -0.05) is 17.7 Å². The number of methoxy groups -OCH3 is 2. The van der Waals surface area contributed by atoms with Crippen LogP contribution in [0.4, 0.5) is 0 Å². The maximum absolute atomic E-state index is 12.2. The van der Waals surface area contributed by atoms with E-state index in [9.17, 15) is 4.79 Å². The van der Waals surface area contributed by atoms with Crippen molar-refractivity contribution >= 4 is 29.3 Å². The molecule has 2 rings (SSSR count). The summed E-state index contributed by atoms with van der Waals surface area (Å²) in [6.45, 7) is 2.46. The van der Waals surface area contributed by atoms with Gasteiger partial charge in [-0.2, -0.15) is 0 Å². The third-order valence-corrected chi connectivity index (χ3v) is 5.02. The second-order valence-electron chi connectivity index (χ2n) is 5.44. The minimum atomic E-state index is -0.174. The minimum absolute atomic E-state index is 0.0143. The number of thioether (sulfide) groups is 1. The van der Waals surface area contributed by atoms with Gasteiger partial charge in [0.1, 0.15) is 0 Å². The summed E-state index contributed by atoms with van der Waals surface area (Å²) < 4.78 is 10.5. The Morgan fingerprint density at radius 2 is 1.80 bits per heavy atom. The van der Waals surface area contributed by atoms with Gasteiger partial charge in [-0.15, -0.1) is 11.8 Å². The highest BCUT2D eigenvalue weighted by Crippen LogP contribution is 2.28. The summed E-state index contributed by atoms with van der Waals surface area (Å²) >= 11 is 7.38. The predicted molar refractivity (Wildman–Crippen MR) is 103 cm³/mol. The van der Waals surface area contributed by atoms with Crippen LogP contribution in [-0.2, 0) is 11.2 Å². The summed E-state index contributed by atoms with van der Waals surface area (Å²) in [7, 11) is 3.22. The average Bonchev–Trinajstić information content (AvgIpc) is 2.63. The molecule has 0 unspecified atom stereocenters. The molecule has 0 aliphatic carbocycles. The van der Waals surface area contributed by atoms with Gasteiger partial charge in [0.25, 0.3) is 0 Å². The second-order valence-corrected chi connectivity index (χ2v) is 7.30. The molecule has 0 aromatic heterocycles. The molecule has 4 nitrogen and oxygen atoms in total. The number of rotatable bonds is 8. The topological polar surface area (TPSA) is 47.6 Å². The number of halogens is 1. The second kappa shape index (κ2) is 9.59. The molecule has 0 bridgehead atoms. The average molecular weight is 380 g/mol. The highest BCUT2D eigenvalue weighted by Gasteiger charge is 2.14. The Bertz CT molecular complexity index is 706. The summed E-state index contributed by atoms with van der Waals surface area (Å²) in [5, 5.41) is 3.49. The molecule has 25 heavy (non-hydrogen) atoms. The van der Waals surface area contributed by atoms with Crippen LogP contribution in [0, 0.1) is 0 Å². The van der Waals surface area contributed by atoms with E-state index in [2.05, 4.69) is 5.32 Å². The molecule has 0 saturated carbocycles. The number of carbonyl (C=O) groups is 1. The molecule has 0 aliphatic heterocycles. The molecule has 0 radical (unpaired) electrons. The van der Waals surface area contributed by atoms with Crippen LogP contribution in [0.3, 0.4) is 0 Å². The lowest BCUT2D eigenvalue weighted by Crippen LogP contribution is -2.32. The zero-order valence-electron chi connectivity index (χ0n) is 14.5. The highest BCUT2D eigenvalue weighted by molar-refractivity contribution is 8.00. The normalized spacial score (nSPS) is 11.7. The van der Waals surface area contributed by atoms with Crippen molar-refractivity contribution in [1.29, 1.82) is 0 Å². The van der Waals surface area contributed by atoms with Crippen LogP contribution in [0.2, 0.25) is 5.02 Å². The number of ether oxygens (including phenoxy) is 2. The quantitative estimate of drug-likeness (QED) is 0.698. The lowest BCUT2D eigenvalue weighted by atomic mass is 10.1. The van der Waals surface area contributed by atoms with Crippen molar-refractivity contribution in [2.24, 2.45) is 0 Å². The summed E-state index contributed by atoms with van der Waals surface area (Å²) in [6.07, 6.45) is 0.727. The SMILES string of the molecule is COc1ccc(CCNC(=O)[C@H](C)Sc2ccc(Cl)cc2)cc1OC. The number of nitrogens with one attached hydrogen (secondary N) is 1. The van der Waals surface area contributed by atoms with E-state index in [4.69, 9.17) is 21.1 Å². The Hall–Kier alpha value is -1.85. The first kappa shape index (κ1) is 19.5. The van der Waals surface area contributed by atoms with Crippen molar-refractivity contribution in [3.63, 3.8) is 0 Å². The summed E-state index contributed by atoms with van der Waals surface area (Å²) in [5.74, 6) is 1.40. The number of carbonyl (C=O) groups excluding carboxylic acids is 1. The Kier molecular flexibility index (Phi) is 7.47. The van der Waals surface area contributed by atoms with Crippen molar-refractivity contribution in [1.82, 2.24) is 5.32 Å². The Balaban J connectivity index is 1.82. The monoisotopic (exact) mass is 379 g/mol. The molecule has 1 N–H and O–H groups in total. The minimum Gasteiger partial charge on any atom is -0.493 e. The van der Waals surface area contributed by atoms with Gasteiger partial charge in [0, 0.05) is 16.5 Å². The van der Waals surface area contributed by atoms with Crippen molar-refractivity contribution < 1.29 is 14.3 Å². The molecule has 1 amide bonds. The van der Waals surface area contributed by atoms with Gasteiger partial charge in [-0.25, -0.2) is 0 Å². The fourth-order valence-electron chi connectivity index (χ4n) is 2.28. The molecule has 6 heteroatoms. The first-order valence-corrected chi connectivity index (χ1v) is 9.20. The molecule has 134 valence electrons. The number of amides is 1. The van der Waals surface area contributed by atoms with E-state index in [1.807, 2.05) is 49.4 Å². The van der Waals surface area contributed by atoms with Crippen molar-refractivity contribution in [2.75, 3.05) is 20.8 Å². The molecule has 0 fully saturated rings. The van der Waals surface area contributed by atoms with Crippen LogP contribution in [0.15, 0.2) is 47.4 Å². The lowest BCUT2D eigenvalue weighted by molar-refractivity contribution is -0.120. The molecule has 1 atom stereocenters. The van der Waals surface area contributed by atoms with Gasteiger partial charge in [-0.3, -0.25) is 4.79 Å². The third kappa shape index (κ3) is 5.87. The van der Waals surface area contributed by atoms with Gasteiger partial charge in [-0.05, 0) is 55.3 Å². The molecule has 0 saturated heterocycles. The first-order chi connectivity index (χ1) is 12.0. The highest BCUT2D eigenvalue weighted by atomic mass is 35.5. The molecule has 0 heterocycles. The van der Waals surface area contributed by atoms with Crippen LogP contribution in [0.5, 0.6) is 11.5 Å². The summed E-state index contributed by atoms with van der Waals surface area (Å²) in [5.41, 5.74) is 1.08. The van der Waals surface area contributed by atoms with E-state index in [0.29, 0.717) is 23.1 Å². The smallest absolute Gasteiger partial charge is 0.233 e. The van der Waals surface area contributed by atoms with E-state index in [0.717, 1.165) is 16.9 Å². The fourth-order valence-corrected chi connectivity index (χ4v) is 3.30. The largest absolute Gasteiger partial charge is 0.493 e. The van der Waals surface area contributed by atoms with Gasteiger partial charge < -0.3 is 14.8 Å². The summed E-state index contributed by atoms with van der Waals surface area (Å²) in [4.78, 5) is 13.2. The standard InChI is InChI=1S/C19H22ClNO3S/c1-13(25-16-7-5-15(20)6-8-16)19(22)21-11-10-14-4-9-17(23-2)18(12-14)24-3/h4-9,12-13H,10-11H2,1-3H3,(H,21,22)/t13-/m0/s1. The zero-order chi connectivity index (χ0) is 18.2. The van der Waals surface area contributed by atoms with E-state index in [1.54, 1.807) is 14.2 Å². The van der Waals surface area contributed by atoms with Crippen molar-refractivity contribution in [3.8, 4) is 11.5 Å². The number of hydrogen-bond acceptors (Lipinski definition) is 4. The molecule has 0 aliphatic rings. The van der Waals surface area contributed by atoms with Crippen LogP contribution in [0.1, 0.15) is 12.5 Å². The van der Waals surface area contributed by atoms with Crippen LogP contribution in [-0.4, -0.2) is 31.9 Å². The molecule has 0 spiro atoms. The van der Waals surface area contributed by atoms with Crippen molar-refractivity contribution in [3.05, 3.63) is 53.1 Å². The molecular weight excluding hydrogens is 358 g/mol.